The van der Waals surface area contributed by atoms with Crippen LogP contribution in [0, 0.1) is 11.6 Å². The van der Waals surface area contributed by atoms with E-state index in [1.54, 1.807) is 30.6 Å². The van der Waals surface area contributed by atoms with E-state index < -0.39 is 11.6 Å². The minimum atomic E-state index is -0.747. The van der Waals surface area contributed by atoms with E-state index in [4.69, 9.17) is 0 Å². The first-order chi connectivity index (χ1) is 13.9. The Morgan fingerprint density at radius 2 is 1.79 bits per heavy atom. The molecule has 1 amide bonds. The lowest BCUT2D eigenvalue weighted by Crippen LogP contribution is -2.36. The van der Waals surface area contributed by atoms with Crippen LogP contribution in [-0.2, 0) is 0 Å². The van der Waals surface area contributed by atoms with Crippen molar-refractivity contribution in [2.24, 2.45) is 0 Å². The maximum absolute atomic E-state index is 14.1. The maximum atomic E-state index is 14.1. The molecule has 0 unspecified atom stereocenters. The van der Waals surface area contributed by atoms with Crippen molar-refractivity contribution in [2.45, 2.75) is 0 Å². The largest absolute Gasteiger partial charge is 0.308 e. The summed E-state index contributed by atoms with van der Waals surface area (Å²) in [4.78, 5) is 29.4. The van der Waals surface area contributed by atoms with Crippen molar-refractivity contribution in [3.8, 4) is 0 Å². The molecule has 2 aromatic carbocycles. The lowest BCUT2D eigenvalue weighted by Gasteiger charge is -2.22. The first-order valence-corrected chi connectivity index (χ1v) is 9.67. The molecular weight excluding hydrogens is 396 g/mol. The van der Waals surface area contributed by atoms with Crippen LogP contribution in [0.15, 0.2) is 42.7 Å². The summed E-state index contributed by atoms with van der Waals surface area (Å²) < 4.78 is 28.0. The van der Waals surface area contributed by atoms with E-state index in [2.05, 4.69) is 15.0 Å². The van der Waals surface area contributed by atoms with Gasteiger partial charge in [-0.15, -0.1) is 0 Å². The van der Waals surface area contributed by atoms with Crippen LogP contribution < -0.4 is 4.90 Å². The minimum absolute atomic E-state index is 0.0541. The first-order valence-electron chi connectivity index (χ1n) is 8.85. The highest BCUT2D eigenvalue weighted by Gasteiger charge is 2.23. The topological polar surface area (TPSA) is 62.2 Å². The second-order valence-corrected chi connectivity index (χ2v) is 7.76. The molecular formula is C20H17F2N5OS. The van der Waals surface area contributed by atoms with Crippen molar-refractivity contribution in [1.82, 2.24) is 19.9 Å². The number of nitrogens with zero attached hydrogens (tertiary/aromatic N) is 5. The molecule has 29 heavy (non-hydrogen) atoms. The Balaban J connectivity index is 1.76. The van der Waals surface area contributed by atoms with E-state index in [9.17, 15) is 13.6 Å². The van der Waals surface area contributed by atoms with Crippen molar-refractivity contribution in [3.05, 3.63) is 59.9 Å². The number of halogens is 2. The number of anilines is 1. The molecule has 2 aromatic heterocycles. The number of carbonyl (C=O) groups is 1. The van der Waals surface area contributed by atoms with Gasteiger partial charge in [-0.05, 0) is 38.4 Å². The van der Waals surface area contributed by atoms with Gasteiger partial charge in [0.15, 0.2) is 10.9 Å². The Kier molecular flexibility index (Phi) is 5.16. The van der Waals surface area contributed by atoms with Gasteiger partial charge >= 0.3 is 0 Å². The molecule has 4 rings (SSSR count). The van der Waals surface area contributed by atoms with Crippen LogP contribution in [0.5, 0.6) is 0 Å². The number of benzene rings is 2. The Hall–Kier alpha value is -3.04. The number of amides is 1. The molecule has 0 saturated heterocycles. The highest BCUT2D eigenvalue weighted by Crippen LogP contribution is 2.32. The smallest absolute Gasteiger partial charge is 0.260 e. The highest BCUT2D eigenvalue weighted by atomic mass is 32.1. The molecule has 0 aliphatic carbocycles. The fraction of sp³-hybridized carbons (Fsp3) is 0.200. The number of likely N-dealkylation sites (N-methyl/N-ethyl adjacent to an activating group) is 1. The average Bonchev–Trinajstić information content (AvgIpc) is 3.11. The van der Waals surface area contributed by atoms with Gasteiger partial charge in [0, 0.05) is 37.1 Å². The summed E-state index contributed by atoms with van der Waals surface area (Å²) in [6.07, 6.45) is 3.15. The predicted octanol–water partition coefficient (Wildman–Crippen LogP) is 3.73. The van der Waals surface area contributed by atoms with Gasteiger partial charge in [0.1, 0.15) is 11.3 Å². The molecule has 6 nitrogen and oxygen atoms in total. The van der Waals surface area contributed by atoms with Crippen LogP contribution in [0.25, 0.3) is 21.3 Å². The number of hydrogen-bond donors (Lipinski definition) is 0. The van der Waals surface area contributed by atoms with Crippen LogP contribution in [0.3, 0.4) is 0 Å². The van der Waals surface area contributed by atoms with E-state index in [0.29, 0.717) is 39.5 Å². The monoisotopic (exact) mass is 413 g/mol. The van der Waals surface area contributed by atoms with Crippen molar-refractivity contribution in [1.29, 1.82) is 0 Å². The van der Waals surface area contributed by atoms with Gasteiger partial charge in [-0.2, -0.15) is 0 Å². The fourth-order valence-corrected chi connectivity index (χ4v) is 3.93. The molecule has 0 saturated carbocycles. The summed E-state index contributed by atoms with van der Waals surface area (Å²) >= 11 is 1.08. The molecule has 0 atom stereocenters. The normalized spacial score (nSPS) is 11.5. The first kappa shape index (κ1) is 19.3. The number of aromatic nitrogens is 3. The van der Waals surface area contributed by atoms with Crippen LogP contribution in [0.1, 0.15) is 10.4 Å². The van der Waals surface area contributed by atoms with Gasteiger partial charge in [-0.1, -0.05) is 11.3 Å². The van der Waals surface area contributed by atoms with E-state index in [-0.39, 0.29) is 11.4 Å². The number of carbonyl (C=O) groups excluding carboxylic acids is 1. The van der Waals surface area contributed by atoms with E-state index in [1.807, 2.05) is 19.0 Å². The van der Waals surface area contributed by atoms with Crippen molar-refractivity contribution in [3.63, 3.8) is 0 Å². The quantitative estimate of drug-likeness (QED) is 0.499. The molecule has 9 heteroatoms. The minimum Gasteiger partial charge on any atom is -0.308 e. The standard InChI is InChI=1S/C20H17F2N5OS/c1-26(2)7-8-27(20-25-18-14(22)10-13(21)11-17(18)29-20)19(28)12-3-4-15-16(9-12)24-6-5-23-15/h3-6,9-11H,7-8H2,1-2H3. The van der Waals surface area contributed by atoms with Crippen LogP contribution >= 0.6 is 11.3 Å². The van der Waals surface area contributed by atoms with E-state index >= 15 is 0 Å². The SMILES string of the molecule is CN(C)CCN(C(=O)c1ccc2nccnc2c1)c1nc2c(F)cc(F)cc2s1. The summed E-state index contributed by atoms with van der Waals surface area (Å²) in [6.45, 7) is 0.917. The van der Waals surface area contributed by atoms with E-state index in [0.717, 1.165) is 17.4 Å². The van der Waals surface area contributed by atoms with Gasteiger partial charge in [0.2, 0.25) is 0 Å². The average molecular weight is 413 g/mol. The zero-order valence-electron chi connectivity index (χ0n) is 15.8. The second-order valence-electron chi connectivity index (χ2n) is 6.75. The molecule has 0 aliphatic rings. The van der Waals surface area contributed by atoms with Gasteiger partial charge < -0.3 is 4.90 Å². The molecule has 0 N–H and O–H groups in total. The number of fused-ring (bicyclic) bond motifs is 2. The van der Waals surface area contributed by atoms with Gasteiger partial charge in [0.25, 0.3) is 5.91 Å². The Morgan fingerprint density at radius 3 is 2.55 bits per heavy atom. The highest BCUT2D eigenvalue weighted by molar-refractivity contribution is 7.22. The van der Waals surface area contributed by atoms with Gasteiger partial charge in [0.05, 0.1) is 15.7 Å². The molecule has 0 bridgehead atoms. The predicted molar refractivity (Wildman–Crippen MR) is 109 cm³/mol. The molecule has 0 fully saturated rings. The van der Waals surface area contributed by atoms with Crippen LogP contribution in [0.4, 0.5) is 13.9 Å². The second kappa shape index (κ2) is 7.76. The molecule has 0 radical (unpaired) electrons. The molecule has 148 valence electrons. The Bertz CT molecular complexity index is 1210. The zero-order chi connectivity index (χ0) is 20.5. The summed E-state index contributed by atoms with van der Waals surface area (Å²) in [6, 6.07) is 7.09. The van der Waals surface area contributed by atoms with Crippen molar-refractivity contribution < 1.29 is 13.6 Å². The van der Waals surface area contributed by atoms with Gasteiger partial charge in [-0.25, -0.2) is 13.8 Å². The number of thiazole rings is 1. The van der Waals surface area contributed by atoms with Crippen LogP contribution in [0.2, 0.25) is 0 Å². The van der Waals surface area contributed by atoms with Crippen LogP contribution in [-0.4, -0.2) is 52.9 Å². The Morgan fingerprint density at radius 1 is 1.03 bits per heavy atom. The molecule has 0 aliphatic heterocycles. The molecule has 4 aromatic rings. The lowest BCUT2D eigenvalue weighted by atomic mass is 10.1. The fourth-order valence-electron chi connectivity index (χ4n) is 2.90. The maximum Gasteiger partial charge on any atom is 0.260 e. The third kappa shape index (κ3) is 3.92. The summed E-state index contributed by atoms with van der Waals surface area (Å²) in [5.74, 6) is -1.72. The third-order valence-electron chi connectivity index (χ3n) is 4.37. The number of hydrogen-bond acceptors (Lipinski definition) is 6. The molecule has 2 heterocycles. The summed E-state index contributed by atoms with van der Waals surface area (Å²) in [5.41, 5.74) is 1.76. The third-order valence-corrected chi connectivity index (χ3v) is 5.39. The van der Waals surface area contributed by atoms with Crippen molar-refractivity contribution in [2.75, 3.05) is 32.1 Å². The van der Waals surface area contributed by atoms with Gasteiger partial charge in [-0.3, -0.25) is 19.7 Å². The molecule has 0 spiro atoms. The van der Waals surface area contributed by atoms with Crippen molar-refractivity contribution >= 4 is 43.6 Å². The Labute approximate surface area is 169 Å². The zero-order valence-corrected chi connectivity index (χ0v) is 16.6. The summed E-state index contributed by atoms with van der Waals surface area (Å²) in [7, 11) is 3.78. The van der Waals surface area contributed by atoms with E-state index in [1.165, 1.54) is 11.0 Å². The number of rotatable bonds is 5. The summed E-state index contributed by atoms with van der Waals surface area (Å²) in [5, 5.41) is 0.315. The lowest BCUT2D eigenvalue weighted by molar-refractivity contribution is 0.0985.